The third-order valence-electron chi connectivity index (χ3n) is 4.66. The van der Waals surface area contributed by atoms with E-state index in [1.165, 1.54) is 4.90 Å². The number of carbonyl (C=O) groups excluding carboxylic acids is 3. The van der Waals surface area contributed by atoms with Crippen LogP contribution in [0.15, 0.2) is 66.9 Å². The first kappa shape index (κ1) is 17.7. The third-order valence-corrected chi connectivity index (χ3v) is 4.66. The smallest absolute Gasteiger partial charge is 0.262 e. The number of hydrogen-bond donors (Lipinski definition) is 0. The van der Waals surface area contributed by atoms with Gasteiger partial charge in [0.1, 0.15) is 6.54 Å². The molecule has 0 saturated carbocycles. The summed E-state index contributed by atoms with van der Waals surface area (Å²) < 4.78 is 1.73. The maximum absolute atomic E-state index is 12.6. The van der Waals surface area contributed by atoms with Crippen molar-refractivity contribution in [1.29, 1.82) is 0 Å². The van der Waals surface area contributed by atoms with E-state index >= 15 is 0 Å². The molecule has 1 aliphatic heterocycles. The van der Waals surface area contributed by atoms with Crippen LogP contribution in [0.3, 0.4) is 0 Å². The quantitative estimate of drug-likeness (QED) is 0.641. The first-order valence-electron chi connectivity index (χ1n) is 8.84. The molecule has 0 atom stereocenters. The molecule has 1 aliphatic rings. The molecule has 0 aliphatic carbocycles. The van der Waals surface area contributed by atoms with Gasteiger partial charge >= 0.3 is 0 Å². The van der Waals surface area contributed by atoms with Crippen LogP contribution >= 0.6 is 0 Å². The molecule has 2 aromatic carbocycles. The Morgan fingerprint density at radius 3 is 2.18 bits per heavy atom. The molecule has 7 nitrogen and oxygen atoms in total. The number of carbonyl (C=O) groups is 3. The minimum Gasteiger partial charge on any atom is -0.338 e. The maximum atomic E-state index is 12.6. The van der Waals surface area contributed by atoms with E-state index in [-0.39, 0.29) is 19.0 Å². The molecular formula is C21H18N4O3. The summed E-state index contributed by atoms with van der Waals surface area (Å²) in [5, 5.41) is 4.47. The van der Waals surface area contributed by atoms with Crippen LogP contribution < -0.4 is 0 Å². The van der Waals surface area contributed by atoms with Crippen LogP contribution in [0.5, 0.6) is 0 Å². The summed E-state index contributed by atoms with van der Waals surface area (Å²) >= 11 is 0. The summed E-state index contributed by atoms with van der Waals surface area (Å²) in [7, 11) is 1.63. The number of aromatic nitrogens is 2. The Morgan fingerprint density at radius 1 is 0.929 bits per heavy atom. The largest absolute Gasteiger partial charge is 0.338 e. The van der Waals surface area contributed by atoms with Crippen molar-refractivity contribution in [1.82, 2.24) is 19.6 Å². The van der Waals surface area contributed by atoms with Crippen molar-refractivity contribution in [2.45, 2.75) is 6.54 Å². The Bertz CT molecular complexity index is 1020. The molecule has 0 unspecified atom stereocenters. The SMILES string of the molecule is CN(Cc1ccn(-c2ccccc2)n1)C(=O)CN1C(=O)c2ccccc2C1=O. The second-order valence-corrected chi connectivity index (χ2v) is 6.58. The molecule has 2 heterocycles. The van der Waals surface area contributed by atoms with Gasteiger partial charge in [0.15, 0.2) is 0 Å². The van der Waals surface area contributed by atoms with Crippen molar-refractivity contribution in [2.75, 3.05) is 13.6 Å². The monoisotopic (exact) mass is 374 g/mol. The molecule has 28 heavy (non-hydrogen) atoms. The average molecular weight is 374 g/mol. The molecular weight excluding hydrogens is 356 g/mol. The number of likely N-dealkylation sites (N-methyl/N-ethyl adjacent to an activating group) is 1. The summed E-state index contributed by atoms with van der Waals surface area (Å²) in [4.78, 5) is 39.8. The van der Waals surface area contributed by atoms with E-state index in [0.29, 0.717) is 16.8 Å². The number of fused-ring (bicyclic) bond motifs is 1. The second kappa shape index (κ2) is 7.11. The predicted molar refractivity (Wildman–Crippen MR) is 102 cm³/mol. The van der Waals surface area contributed by atoms with Gasteiger partial charge in [0.05, 0.1) is 29.1 Å². The van der Waals surface area contributed by atoms with E-state index in [4.69, 9.17) is 0 Å². The highest BCUT2D eigenvalue weighted by Crippen LogP contribution is 2.22. The number of imide groups is 1. The molecule has 0 spiro atoms. The number of nitrogens with zero attached hydrogens (tertiary/aromatic N) is 4. The van der Waals surface area contributed by atoms with Gasteiger partial charge in [-0.15, -0.1) is 0 Å². The van der Waals surface area contributed by atoms with Crippen molar-refractivity contribution in [3.8, 4) is 5.69 Å². The van der Waals surface area contributed by atoms with Gasteiger partial charge in [0, 0.05) is 13.2 Å². The van der Waals surface area contributed by atoms with Gasteiger partial charge in [-0.2, -0.15) is 5.10 Å². The van der Waals surface area contributed by atoms with Crippen LogP contribution in [-0.4, -0.2) is 50.9 Å². The number of amides is 3. The number of benzene rings is 2. The van der Waals surface area contributed by atoms with Gasteiger partial charge in [0.25, 0.3) is 11.8 Å². The number of para-hydroxylation sites is 1. The fraction of sp³-hybridized carbons (Fsp3) is 0.143. The van der Waals surface area contributed by atoms with Crippen LogP contribution in [0.1, 0.15) is 26.4 Å². The molecule has 3 aromatic rings. The standard InChI is InChI=1S/C21H18N4O3/c1-23(13-15-11-12-25(22-15)16-7-3-2-4-8-16)19(26)14-24-20(27)17-9-5-6-10-18(17)21(24)28/h2-12H,13-14H2,1H3. The zero-order valence-electron chi connectivity index (χ0n) is 15.3. The van der Waals surface area contributed by atoms with Gasteiger partial charge in [-0.3, -0.25) is 19.3 Å². The molecule has 1 aromatic heterocycles. The Labute approximate surface area is 161 Å². The number of rotatable bonds is 5. The summed E-state index contributed by atoms with van der Waals surface area (Å²) in [6, 6.07) is 18.1. The van der Waals surface area contributed by atoms with E-state index in [1.54, 1.807) is 36.0 Å². The molecule has 0 bridgehead atoms. The fourth-order valence-electron chi connectivity index (χ4n) is 3.14. The van der Waals surface area contributed by atoms with E-state index in [9.17, 15) is 14.4 Å². The highest BCUT2D eigenvalue weighted by atomic mass is 16.2. The Kier molecular flexibility index (Phi) is 4.49. The molecule has 0 radical (unpaired) electrons. The first-order valence-corrected chi connectivity index (χ1v) is 8.84. The lowest BCUT2D eigenvalue weighted by Gasteiger charge is -2.19. The molecule has 0 N–H and O–H groups in total. The van der Waals surface area contributed by atoms with Crippen LogP contribution in [0.2, 0.25) is 0 Å². The van der Waals surface area contributed by atoms with Gasteiger partial charge in [0.2, 0.25) is 5.91 Å². The van der Waals surface area contributed by atoms with E-state index in [2.05, 4.69) is 5.10 Å². The van der Waals surface area contributed by atoms with Gasteiger partial charge < -0.3 is 4.90 Å². The highest BCUT2D eigenvalue weighted by molar-refractivity contribution is 6.22. The molecule has 0 fully saturated rings. The lowest BCUT2D eigenvalue weighted by atomic mass is 10.1. The topological polar surface area (TPSA) is 75.5 Å². The first-order chi connectivity index (χ1) is 13.5. The van der Waals surface area contributed by atoms with Crippen LogP contribution in [-0.2, 0) is 11.3 Å². The van der Waals surface area contributed by atoms with E-state index in [0.717, 1.165) is 10.6 Å². The lowest BCUT2D eigenvalue weighted by Crippen LogP contribution is -2.41. The molecule has 0 saturated heterocycles. The Hall–Kier alpha value is -3.74. The number of hydrogen-bond acceptors (Lipinski definition) is 4. The maximum Gasteiger partial charge on any atom is 0.262 e. The Balaban J connectivity index is 1.42. The van der Waals surface area contributed by atoms with E-state index in [1.807, 2.05) is 42.6 Å². The average Bonchev–Trinajstić information content (AvgIpc) is 3.28. The van der Waals surface area contributed by atoms with Crippen molar-refractivity contribution in [3.63, 3.8) is 0 Å². The molecule has 140 valence electrons. The molecule has 3 amide bonds. The van der Waals surface area contributed by atoms with Crippen molar-refractivity contribution in [3.05, 3.63) is 83.7 Å². The van der Waals surface area contributed by atoms with Crippen molar-refractivity contribution in [2.24, 2.45) is 0 Å². The predicted octanol–water partition coefficient (Wildman–Crippen LogP) is 2.13. The lowest BCUT2D eigenvalue weighted by molar-refractivity contribution is -0.130. The van der Waals surface area contributed by atoms with E-state index < -0.39 is 11.8 Å². The zero-order chi connectivity index (χ0) is 19.7. The van der Waals surface area contributed by atoms with Crippen molar-refractivity contribution < 1.29 is 14.4 Å². The summed E-state index contributed by atoms with van der Waals surface area (Å²) in [5.41, 5.74) is 2.31. The van der Waals surface area contributed by atoms with Gasteiger partial charge in [-0.05, 0) is 30.3 Å². The highest BCUT2D eigenvalue weighted by Gasteiger charge is 2.36. The minimum atomic E-state index is -0.435. The molecule has 7 heteroatoms. The van der Waals surface area contributed by atoms with Crippen molar-refractivity contribution >= 4 is 17.7 Å². The minimum absolute atomic E-state index is 0.280. The molecule has 4 rings (SSSR count). The summed E-state index contributed by atoms with van der Waals surface area (Å²) in [6.45, 7) is -0.00984. The zero-order valence-corrected chi connectivity index (χ0v) is 15.3. The van der Waals surface area contributed by atoms with Crippen LogP contribution in [0.4, 0.5) is 0 Å². The summed E-state index contributed by atoms with van der Waals surface area (Å²) in [5.74, 6) is -1.20. The summed E-state index contributed by atoms with van der Waals surface area (Å²) in [6.07, 6.45) is 1.83. The van der Waals surface area contributed by atoms with Crippen LogP contribution in [0, 0.1) is 0 Å². The third kappa shape index (κ3) is 3.18. The van der Waals surface area contributed by atoms with Gasteiger partial charge in [-0.25, -0.2) is 4.68 Å². The second-order valence-electron chi connectivity index (χ2n) is 6.58. The Morgan fingerprint density at radius 2 is 1.54 bits per heavy atom. The fourth-order valence-corrected chi connectivity index (χ4v) is 3.14. The van der Waals surface area contributed by atoms with Gasteiger partial charge in [-0.1, -0.05) is 30.3 Å². The van der Waals surface area contributed by atoms with Crippen LogP contribution in [0.25, 0.3) is 5.69 Å². The normalized spacial score (nSPS) is 13.0.